The molecule has 0 fully saturated rings. The quantitative estimate of drug-likeness (QED) is 0.791. The lowest BCUT2D eigenvalue weighted by Crippen LogP contribution is -1.80. The summed E-state index contributed by atoms with van der Waals surface area (Å²) in [5.41, 5.74) is 0. The lowest BCUT2D eigenvalue weighted by Gasteiger charge is -2.03. The van der Waals surface area contributed by atoms with Crippen LogP contribution in [0.15, 0.2) is 41.8 Å². The van der Waals surface area contributed by atoms with Gasteiger partial charge in [0.05, 0.1) is 0 Å². The molecule has 0 atom stereocenters. The van der Waals surface area contributed by atoms with Crippen LogP contribution in [-0.2, 0) is 0 Å². The van der Waals surface area contributed by atoms with Crippen LogP contribution in [0, 0.1) is 0 Å². The van der Waals surface area contributed by atoms with Crippen LogP contribution in [0.2, 0.25) is 0 Å². The first-order valence-electron chi connectivity index (χ1n) is 3.85. The first-order valence-corrected chi connectivity index (χ1v) is 4.73. The van der Waals surface area contributed by atoms with E-state index in [1.54, 1.807) is 18.2 Å². The van der Waals surface area contributed by atoms with Gasteiger partial charge < -0.3 is 9.84 Å². The number of phenolic OH excluding ortho intramolecular Hbond substituents is 1. The molecule has 0 spiro atoms. The van der Waals surface area contributed by atoms with Crippen molar-refractivity contribution in [2.24, 2.45) is 0 Å². The third-order valence-corrected chi connectivity index (χ3v) is 2.32. The van der Waals surface area contributed by atoms with Gasteiger partial charge in [0.1, 0.15) is 0 Å². The van der Waals surface area contributed by atoms with Crippen LogP contribution >= 0.6 is 11.3 Å². The molecule has 2 rings (SSSR count). The predicted octanol–water partition coefficient (Wildman–Crippen LogP) is 3.25. The van der Waals surface area contributed by atoms with E-state index in [-0.39, 0.29) is 5.75 Å². The van der Waals surface area contributed by atoms with Gasteiger partial charge >= 0.3 is 0 Å². The predicted molar refractivity (Wildman–Crippen MR) is 52.5 cm³/mol. The van der Waals surface area contributed by atoms with E-state index in [0.29, 0.717) is 5.75 Å². The number of aromatic hydroxyl groups is 1. The van der Waals surface area contributed by atoms with Crippen LogP contribution in [-0.4, -0.2) is 5.11 Å². The standard InChI is InChI=1S/C10H8O2S/c11-8-4-1-2-5-9(8)12-10-6-3-7-13-10/h1-7,11H. The zero-order valence-electron chi connectivity index (χ0n) is 6.81. The summed E-state index contributed by atoms with van der Waals surface area (Å²) in [6.45, 7) is 0. The smallest absolute Gasteiger partial charge is 0.181 e. The fraction of sp³-hybridized carbons (Fsp3) is 0. The van der Waals surface area contributed by atoms with Crippen molar-refractivity contribution in [1.82, 2.24) is 0 Å². The first-order chi connectivity index (χ1) is 6.36. The average molecular weight is 192 g/mol. The molecule has 1 heterocycles. The number of thiophene rings is 1. The molecule has 13 heavy (non-hydrogen) atoms. The summed E-state index contributed by atoms with van der Waals surface area (Å²) >= 11 is 1.49. The van der Waals surface area contributed by atoms with Crippen molar-refractivity contribution in [2.45, 2.75) is 0 Å². The second-order valence-electron chi connectivity index (χ2n) is 2.50. The molecule has 66 valence electrons. The minimum Gasteiger partial charge on any atom is -0.504 e. The highest BCUT2D eigenvalue weighted by Gasteiger charge is 2.01. The molecule has 3 heteroatoms. The second kappa shape index (κ2) is 3.49. The Morgan fingerprint density at radius 3 is 2.62 bits per heavy atom. The van der Waals surface area contributed by atoms with Gasteiger partial charge in [-0.3, -0.25) is 0 Å². The van der Waals surface area contributed by atoms with Gasteiger partial charge in [0.25, 0.3) is 0 Å². The van der Waals surface area contributed by atoms with Crippen molar-refractivity contribution in [2.75, 3.05) is 0 Å². The zero-order chi connectivity index (χ0) is 9.10. The maximum absolute atomic E-state index is 9.39. The molecule has 1 N–H and O–H groups in total. The first kappa shape index (κ1) is 8.13. The van der Waals surface area contributed by atoms with Gasteiger partial charge in [-0.15, -0.1) is 11.3 Å². The van der Waals surface area contributed by atoms with Crippen molar-refractivity contribution in [3.63, 3.8) is 0 Å². The average Bonchev–Trinajstić information content (AvgIpc) is 2.61. The highest BCUT2D eigenvalue weighted by Crippen LogP contribution is 2.32. The van der Waals surface area contributed by atoms with Crippen molar-refractivity contribution in [3.05, 3.63) is 41.8 Å². The van der Waals surface area contributed by atoms with Gasteiger partial charge in [-0.2, -0.15) is 0 Å². The SMILES string of the molecule is Oc1ccccc1Oc1cccs1. The maximum Gasteiger partial charge on any atom is 0.181 e. The molecule has 0 bridgehead atoms. The van der Waals surface area contributed by atoms with Crippen LogP contribution in [0.4, 0.5) is 0 Å². The van der Waals surface area contributed by atoms with E-state index >= 15 is 0 Å². The van der Waals surface area contributed by atoms with E-state index < -0.39 is 0 Å². The largest absolute Gasteiger partial charge is 0.504 e. The molecule has 0 aliphatic carbocycles. The molecule has 1 aromatic heterocycles. The van der Waals surface area contributed by atoms with Crippen molar-refractivity contribution in [3.8, 4) is 16.6 Å². The molecule has 2 nitrogen and oxygen atoms in total. The normalized spacial score (nSPS) is 9.85. The Hall–Kier alpha value is -1.48. The molecule has 2 aromatic rings. The Kier molecular flexibility index (Phi) is 2.19. The number of phenols is 1. The maximum atomic E-state index is 9.39. The number of ether oxygens (including phenoxy) is 1. The molecule has 0 radical (unpaired) electrons. The number of benzene rings is 1. The lowest BCUT2D eigenvalue weighted by molar-refractivity contribution is 0.417. The van der Waals surface area contributed by atoms with E-state index in [2.05, 4.69) is 0 Å². The third-order valence-electron chi connectivity index (χ3n) is 1.57. The Bertz CT molecular complexity index is 382. The molecule has 0 saturated heterocycles. The number of hydrogen-bond acceptors (Lipinski definition) is 3. The van der Waals surface area contributed by atoms with Crippen LogP contribution < -0.4 is 4.74 Å². The highest BCUT2D eigenvalue weighted by atomic mass is 32.1. The summed E-state index contributed by atoms with van der Waals surface area (Å²) in [5.74, 6) is 0.654. The van der Waals surface area contributed by atoms with E-state index in [4.69, 9.17) is 4.74 Å². The zero-order valence-corrected chi connectivity index (χ0v) is 7.62. The van der Waals surface area contributed by atoms with Crippen molar-refractivity contribution in [1.29, 1.82) is 0 Å². The van der Waals surface area contributed by atoms with E-state index in [0.717, 1.165) is 5.06 Å². The minimum absolute atomic E-state index is 0.163. The van der Waals surface area contributed by atoms with E-state index in [9.17, 15) is 5.11 Å². The van der Waals surface area contributed by atoms with Gasteiger partial charge in [-0.1, -0.05) is 12.1 Å². The topological polar surface area (TPSA) is 29.5 Å². The van der Waals surface area contributed by atoms with Crippen LogP contribution in [0.25, 0.3) is 0 Å². The highest BCUT2D eigenvalue weighted by molar-refractivity contribution is 7.11. The molecule has 0 unspecified atom stereocenters. The minimum atomic E-state index is 0.163. The molecule has 0 aliphatic heterocycles. The summed E-state index contributed by atoms with van der Waals surface area (Å²) in [6.07, 6.45) is 0. The molecule has 0 aliphatic rings. The van der Waals surface area contributed by atoms with E-state index in [1.165, 1.54) is 11.3 Å². The van der Waals surface area contributed by atoms with Gasteiger partial charge in [-0.05, 0) is 29.6 Å². The van der Waals surface area contributed by atoms with Gasteiger partial charge in [-0.25, -0.2) is 0 Å². The second-order valence-corrected chi connectivity index (χ2v) is 3.41. The lowest BCUT2D eigenvalue weighted by atomic mass is 10.3. The summed E-state index contributed by atoms with van der Waals surface area (Å²) < 4.78 is 5.42. The Morgan fingerprint density at radius 2 is 1.92 bits per heavy atom. The van der Waals surface area contributed by atoms with Gasteiger partial charge in [0.2, 0.25) is 0 Å². The monoisotopic (exact) mass is 192 g/mol. The molecular formula is C10H8O2S. The number of hydrogen-bond donors (Lipinski definition) is 1. The Balaban J connectivity index is 2.24. The molecule has 0 amide bonds. The molecule has 0 saturated carbocycles. The van der Waals surface area contributed by atoms with Gasteiger partial charge in [0, 0.05) is 0 Å². The summed E-state index contributed by atoms with van der Waals surface area (Å²) in [7, 11) is 0. The van der Waals surface area contributed by atoms with Gasteiger partial charge in [0.15, 0.2) is 16.6 Å². The Labute approximate surface area is 80.0 Å². The van der Waals surface area contributed by atoms with E-state index in [1.807, 2.05) is 23.6 Å². The third kappa shape index (κ3) is 1.81. The number of rotatable bonds is 2. The molecular weight excluding hydrogens is 184 g/mol. The summed E-state index contributed by atoms with van der Waals surface area (Å²) in [5, 5.41) is 12.1. The van der Waals surface area contributed by atoms with Crippen LogP contribution in [0.3, 0.4) is 0 Å². The summed E-state index contributed by atoms with van der Waals surface area (Å²) in [6, 6.07) is 10.7. The Morgan fingerprint density at radius 1 is 1.08 bits per heavy atom. The van der Waals surface area contributed by atoms with Crippen molar-refractivity contribution >= 4 is 11.3 Å². The summed E-state index contributed by atoms with van der Waals surface area (Å²) in [4.78, 5) is 0. The van der Waals surface area contributed by atoms with Crippen molar-refractivity contribution < 1.29 is 9.84 Å². The number of para-hydroxylation sites is 2. The van der Waals surface area contributed by atoms with Crippen LogP contribution in [0.1, 0.15) is 0 Å². The fourth-order valence-corrected chi connectivity index (χ4v) is 1.56. The fourth-order valence-electron chi connectivity index (χ4n) is 0.973. The van der Waals surface area contributed by atoms with Crippen LogP contribution in [0.5, 0.6) is 16.6 Å². The molecule has 1 aromatic carbocycles.